The SMILES string of the molecule is CC1(C)C(=O)Nc2nc(-n3nc(Cc4c(F)ccc(F)c4F)c4cc(-c5cncc(C(F)(F)F)c5)ccc43)nc(N)c21. The number of halogens is 6. The minimum atomic E-state index is -4.63. The van der Waals surface area contributed by atoms with Crippen LogP contribution in [-0.4, -0.2) is 30.6 Å². The van der Waals surface area contributed by atoms with Crippen LogP contribution in [-0.2, 0) is 22.8 Å². The molecular formula is C28H19F6N7O. The second kappa shape index (κ2) is 9.26. The summed E-state index contributed by atoms with van der Waals surface area (Å²) >= 11 is 0. The Balaban J connectivity index is 1.56. The first-order valence-electron chi connectivity index (χ1n) is 12.4. The normalized spacial score (nSPS) is 14.3. The molecule has 1 amide bonds. The minimum absolute atomic E-state index is 0.00238. The van der Waals surface area contributed by atoms with Gasteiger partial charge in [-0.25, -0.2) is 13.2 Å². The Morgan fingerprint density at radius 3 is 2.45 bits per heavy atom. The van der Waals surface area contributed by atoms with E-state index in [1.54, 1.807) is 13.8 Å². The van der Waals surface area contributed by atoms with Crippen molar-refractivity contribution < 1.29 is 31.1 Å². The molecule has 1 aliphatic rings. The van der Waals surface area contributed by atoms with E-state index in [2.05, 4.69) is 25.4 Å². The molecule has 0 unspecified atom stereocenters. The van der Waals surface area contributed by atoms with Crippen molar-refractivity contribution in [2.75, 3.05) is 11.1 Å². The van der Waals surface area contributed by atoms with E-state index in [1.807, 2.05) is 0 Å². The van der Waals surface area contributed by atoms with Crippen LogP contribution < -0.4 is 11.1 Å². The molecule has 0 bridgehead atoms. The molecule has 8 nitrogen and oxygen atoms in total. The van der Waals surface area contributed by atoms with E-state index in [0.717, 1.165) is 12.1 Å². The number of anilines is 2. The number of carbonyl (C=O) groups is 1. The number of alkyl halides is 3. The van der Waals surface area contributed by atoms with Crippen molar-refractivity contribution in [2.24, 2.45) is 0 Å². The van der Waals surface area contributed by atoms with Gasteiger partial charge >= 0.3 is 6.18 Å². The summed E-state index contributed by atoms with van der Waals surface area (Å²) < 4.78 is 84.5. The van der Waals surface area contributed by atoms with E-state index in [0.29, 0.717) is 28.9 Å². The molecule has 0 fully saturated rings. The number of carbonyl (C=O) groups excluding carboxylic acids is 1. The number of aromatic nitrogens is 5. The van der Waals surface area contributed by atoms with Crippen LogP contribution in [0.25, 0.3) is 28.0 Å². The monoisotopic (exact) mass is 583 g/mol. The summed E-state index contributed by atoms with van der Waals surface area (Å²) in [7, 11) is 0. The zero-order valence-electron chi connectivity index (χ0n) is 21.8. The largest absolute Gasteiger partial charge is 0.417 e. The second-order valence-corrected chi connectivity index (χ2v) is 10.3. The topological polar surface area (TPSA) is 112 Å². The van der Waals surface area contributed by atoms with Crippen LogP contribution in [0.15, 0.2) is 48.8 Å². The van der Waals surface area contributed by atoms with Crippen LogP contribution in [0.1, 0.15) is 36.2 Å². The van der Waals surface area contributed by atoms with Crippen LogP contribution in [0, 0.1) is 17.5 Å². The Morgan fingerprint density at radius 1 is 0.976 bits per heavy atom. The van der Waals surface area contributed by atoms with E-state index >= 15 is 0 Å². The summed E-state index contributed by atoms with van der Waals surface area (Å²) in [4.78, 5) is 24.9. The highest BCUT2D eigenvalue weighted by Gasteiger charge is 2.42. The lowest BCUT2D eigenvalue weighted by atomic mass is 9.87. The quantitative estimate of drug-likeness (QED) is 0.207. The number of hydrogen-bond acceptors (Lipinski definition) is 6. The summed E-state index contributed by atoms with van der Waals surface area (Å²) in [5.74, 6) is -3.97. The summed E-state index contributed by atoms with van der Waals surface area (Å²) in [6.45, 7) is 3.31. The van der Waals surface area contributed by atoms with Gasteiger partial charge in [-0.1, -0.05) is 6.07 Å². The summed E-state index contributed by atoms with van der Waals surface area (Å²) in [6, 6.07) is 6.84. The molecule has 5 aromatic rings. The molecule has 214 valence electrons. The molecule has 0 aliphatic carbocycles. The predicted octanol–water partition coefficient (Wildman–Crippen LogP) is 5.72. The third-order valence-corrected chi connectivity index (χ3v) is 7.18. The van der Waals surface area contributed by atoms with Crippen LogP contribution in [0.2, 0.25) is 0 Å². The van der Waals surface area contributed by atoms with Crippen LogP contribution in [0.4, 0.5) is 38.0 Å². The van der Waals surface area contributed by atoms with Crippen molar-refractivity contribution in [3.8, 4) is 17.1 Å². The van der Waals surface area contributed by atoms with Gasteiger partial charge in [0, 0.05) is 35.3 Å². The Bertz CT molecular complexity index is 1930. The zero-order valence-corrected chi connectivity index (χ0v) is 21.8. The molecule has 0 radical (unpaired) electrons. The summed E-state index contributed by atoms with van der Waals surface area (Å²) in [5.41, 5.74) is 4.78. The summed E-state index contributed by atoms with van der Waals surface area (Å²) in [6.07, 6.45) is -3.23. The molecule has 42 heavy (non-hydrogen) atoms. The van der Waals surface area contributed by atoms with Gasteiger partial charge in [-0.3, -0.25) is 9.78 Å². The van der Waals surface area contributed by atoms with E-state index in [-0.39, 0.29) is 40.1 Å². The number of rotatable bonds is 4. The van der Waals surface area contributed by atoms with Gasteiger partial charge in [0.1, 0.15) is 17.5 Å². The van der Waals surface area contributed by atoms with Crippen LogP contribution in [0.3, 0.4) is 0 Å². The third kappa shape index (κ3) is 4.30. The lowest BCUT2D eigenvalue weighted by Crippen LogP contribution is -2.27. The molecular weight excluding hydrogens is 564 g/mol. The van der Waals surface area contributed by atoms with Crippen molar-refractivity contribution in [3.63, 3.8) is 0 Å². The molecule has 3 aromatic heterocycles. The number of fused-ring (bicyclic) bond motifs is 2. The maximum Gasteiger partial charge on any atom is 0.417 e. The fourth-order valence-corrected chi connectivity index (χ4v) is 4.94. The average Bonchev–Trinajstić information content (AvgIpc) is 3.41. The molecule has 0 atom stereocenters. The Morgan fingerprint density at radius 2 is 1.71 bits per heavy atom. The fourth-order valence-electron chi connectivity index (χ4n) is 4.94. The molecule has 6 rings (SSSR count). The van der Waals surface area contributed by atoms with E-state index in [9.17, 15) is 31.1 Å². The molecule has 0 saturated heterocycles. The van der Waals surface area contributed by atoms with Crippen molar-refractivity contribution in [2.45, 2.75) is 31.9 Å². The van der Waals surface area contributed by atoms with Gasteiger partial charge in [0.25, 0.3) is 5.95 Å². The molecule has 1 aliphatic heterocycles. The highest BCUT2D eigenvalue weighted by atomic mass is 19.4. The standard InChI is InChI=1S/C28H19F6N7O/c1-27(2)21-23(35)37-26(39-24(21)38-25(27)42)41-20-6-3-12(13-7-14(11-36-10-13)28(32,33)34)8-16(20)19(40-41)9-15-17(29)4-5-18(30)22(15)31/h3-8,10-11H,9H2,1-2H3,(H3,35,37,38,39,42). The fraction of sp³-hybridized carbons (Fsp3) is 0.179. The Kier molecular flexibility index (Phi) is 5.99. The average molecular weight is 583 g/mol. The lowest BCUT2D eigenvalue weighted by molar-refractivity contribution is -0.137. The first-order valence-corrected chi connectivity index (χ1v) is 12.4. The summed E-state index contributed by atoms with van der Waals surface area (Å²) in [5, 5.41) is 7.37. The van der Waals surface area contributed by atoms with Gasteiger partial charge in [0.2, 0.25) is 5.91 Å². The van der Waals surface area contributed by atoms with Crippen molar-refractivity contribution in [3.05, 3.63) is 88.6 Å². The molecule has 3 N–H and O–H groups in total. The molecule has 0 spiro atoms. The van der Waals surface area contributed by atoms with E-state index in [4.69, 9.17) is 5.73 Å². The second-order valence-electron chi connectivity index (χ2n) is 10.3. The van der Waals surface area contributed by atoms with Gasteiger partial charge in [-0.05, 0) is 49.7 Å². The zero-order chi connectivity index (χ0) is 30.1. The maximum absolute atomic E-state index is 14.6. The minimum Gasteiger partial charge on any atom is -0.383 e. The molecule has 14 heteroatoms. The van der Waals surface area contributed by atoms with Gasteiger partial charge in [-0.15, -0.1) is 0 Å². The number of pyridine rings is 1. The Labute approximate surface area is 233 Å². The number of amides is 1. The van der Waals surface area contributed by atoms with Gasteiger partial charge < -0.3 is 11.1 Å². The predicted molar refractivity (Wildman–Crippen MR) is 140 cm³/mol. The number of nitrogens with zero attached hydrogens (tertiary/aromatic N) is 5. The molecule has 0 saturated carbocycles. The van der Waals surface area contributed by atoms with Gasteiger partial charge in [0.05, 0.1) is 27.8 Å². The van der Waals surface area contributed by atoms with Gasteiger partial charge in [0.15, 0.2) is 11.6 Å². The van der Waals surface area contributed by atoms with E-state index in [1.165, 1.54) is 29.1 Å². The number of nitrogens with two attached hydrogens (primary N) is 1. The number of nitrogens with one attached hydrogen (secondary N) is 1. The van der Waals surface area contributed by atoms with Crippen molar-refractivity contribution in [1.29, 1.82) is 0 Å². The van der Waals surface area contributed by atoms with Crippen LogP contribution in [0.5, 0.6) is 0 Å². The Hall–Kier alpha value is -5.01. The molecule has 2 aromatic carbocycles. The van der Waals surface area contributed by atoms with Crippen molar-refractivity contribution in [1.82, 2.24) is 24.7 Å². The lowest BCUT2D eigenvalue weighted by Gasteiger charge is -2.16. The van der Waals surface area contributed by atoms with E-state index < -0.39 is 46.6 Å². The van der Waals surface area contributed by atoms with Gasteiger partial charge in [-0.2, -0.15) is 32.9 Å². The highest BCUT2D eigenvalue weighted by molar-refractivity contribution is 6.06. The first kappa shape index (κ1) is 27.2. The van der Waals surface area contributed by atoms with Crippen molar-refractivity contribution >= 4 is 28.4 Å². The third-order valence-electron chi connectivity index (χ3n) is 7.18. The smallest absolute Gasteiger partial charge is 0.383 e. The number of nitrogen functional groups attached to an aromatic ring is 1. The number of benzene rings is 2. The number of hydrogen-bond donors (Lipinski definition) is 2. The highest BCUT2D eigenvalue weighted by Crippen LogP contribution is 2.40. The maximum atomic E-state index is 14.6. The van der Waals surface area contributed by atoms with Crippen LogP contribution >= 0.6 is 0 Å². The molecule has 4 heterocycles. The first-order chi connectivity index (χ1) is 19.8.